The molecule has 0 heterocycles. The molecule has 2 rings (SSSR count). The predicted octanol–water partition coefficient (Wildman–Crippen LogP) is 3.21. The van der Waals surface area contributed by atoms with E-state index >= 15 is 0 Å². The maximum absolute atomic E-state index is 12.2. The highest BCUT2D eigenvalue weighted by molar-refractivity contribution is 5.95. The average Bonchev–Trinajstić information content (AvgIpc) is 2.60. The zero-order valence-electron chi connectivity index (χ0n) is 15.0. The molecule has 0 radical (unpaired) electrons. The summed E-state index contributed by atoms with van der Waals surface area (Å²) in [6.07, 6.45) is 1.42. The molecule has 6 heteroatoms. The molecule has 0 unspecified atom stereocenters. The van der Waals surface area contributed by atoms with Crippen LogP contribution in [0.2, 0.25) is 0 Å². The zero-order valence-corrected chi connectivity index (χ0v) is 15.0. The smallest absolute Gasteiger partial charge is 0.341 e. The molecular weight excluding hydrogens is 332 g/mol. The predicted molar refractivity (Wildman–Crippen MR) is 99.8 cm³/mol. The highest BCUT2D eigenvalue weighted by Gasteiger charge is 2.14. The number of hydrazone groups is 1. The van der Waals surface area contributed by atoms with Crippen LogP contribution in [0.15, 0.2) is 53.6 Å². The van der Waals surface area contributed by atoms with E-state index in [1.54, 1.807) is 36.4 Å². The van der Waals surface area contributed by atoms with E-state index in [2.05, 4.69) is 31.3 Å². The molecule has 0 fully saturated rings. The van der Waals surface area contributed by atoms with E-state index in [0.29, 0.717) is 16.9 Å². The van der Waals surface area contributed by atoms with Crippen molar-refractivity contribution in [3.05, 3.63) is 65.2 Å². The van der Waals surface area contributed by atoms with Crippen LogP contribution in [0.5, 0.6) is 5.75 Å². The van der Waals surface area contributed by atoms with E-state index in [1.165, 1.54) is 6.21 Å². The summed E-state index contributed by atoms with van der Waals surface area (Å²) in [6.45, 7) is 5.88. The molecule has 136 valence electrons. The van der Waals surface area contributed by atoms with Gasteiger partial charge in [-0.15, -0.1) is 0 Å². The Hall–Kier alpha value is -3.15. The summed E-state index contributed by atoms with van der Waals surface area (Å²) in [4.78, 5) is 22.8. The lowest BCUT2D eigenvalue weighted by Gasteiger charge is -2.18. The molecule has 0 saturated carbocycles. The first-order valence-electron chi connectivity index (χ1n) is 8.15. The number of hydrogen-bond acceptors (Lipinski definition) is 4. The van der Waals surface area contributed by atoms with Crippen molar-refractivity contribution in [1.29, 1.82) is 0 Å². The summed E-state index contributed by atoms with van der Waals surface area (Å²) >= 11 is 0. The molecule has 0 aliphatic heterocycles. The van der Waals surface area contributed by atoms with Crippen molar-refractivity contribution in [2.45, 2.75) is 26.2 Å². The monoisotopic (exact) mass is 354 g/mol. The Morgan fingerprint density at radius 3 is 2.38 bits per heavy atom. The van der Waals surface area contributed by atoms with Gasteiger partial charge in [0, 0.05) is 11.1 Å². The second-order valence-electron chi connectivity index (χ2n) is 6.75. The number of benzene rings is 2. The molecule has 0 bridgehead atoms. The van der Waals surface area contributed by atoms with E-state index in [1.807, 2.05) is 12.1 Å². The molecule has 0 spiro atoms. The number of amides is 1. The Labute approximate surface area is 152 Å². The Bertz CT molecular complexity index is 805. The molecule has 2 N–H and O–H groups in total. The van der Waals surface area contributed by atoms with E-state index in [0.717, 1.165) is 5.56 Å². The molecular formula is C20H22N2O4. The second-order valence-corrected chi connectivity index (χ2v) is 6.75. The Morgan fingerprint density at radius 1 is 1.12 bits per heavy atom. The van der Waals surface area contributed by atoms with Gasteiger partial charge in [-0.25, -0.2) is 10.2 Å². The van der Waals surface area contributed by atoms with Crippen LogP contribution in [0.25, 0.3) is 0 Å². The molecule has 2 aromatic rings. The van der Waals surface area contributed by atoms with Gasteiger partial charge in [-0.05, 0) is 35.2 Å². The third-order valence-corrected chi connectivity index (χ3v) is 3.65. The number of hydrogen-bond donors (Lipinski definition) is 2. The minimum absolute atomic E-state index is 0.0207. The summed E-state index contributed by atoms with van der Waals surface area (Å²) < 4.78 is 5.18. The molecule has 0 aliphatic carbocycles. The van der Waals surface area contributed by atoms with Crippen molar-refractivity contribution < 1.29 is 19.4 Å². The standard InChI is InChI=1S/C20H22N2O4/c1-20(2,3)16-10-8-14(9-11-16)19(25)22-21-12-15-6-4-5-7-17(15)26-13-18(23)24/h4-12H,13H2,1-3H3,(H,22,25)(H,23,24)/b21-12+. The van der Waals surface area contributed by atoms with Crippen molar-refractivity contribution >= 4 is 18.1 Å². The first-order chi connectivity index (χ1) is 12.3. The Kier molecular flexibility index (Phi) is 6.11. The lowest BCUT2D eigenvalue weighted by atomic mass is 9.87. The summed E-state index contributed by atoms with van der Waals surface area (Å²) in [7, 11) is 0. The van der Waals surface area contributed by atoms with Crippen LogP contribution in [0, 0.1) is 0 Å². The van der Waals surface area contributed by atoms with Crippen molar-refractivity contribution in [1.82, 2.24) is 5.43 Å². The van der Waals surface area contributed by atoms with Gasteiger partial charge in [0.25, 0.3) is 5.91 Å². The molecule has 0 saturated heterocycles. The van der Waals surface area contributed by atoms with Gasteiger partial charge in [0.2, 0.25) is 0 Å². The number of carboxylic acids is 1. The maximum Gasteiger partial charge on any atom is 0.341 e. The molecule has 1 amide bonds. The minimum atomic E-state index is -1.07. The number of nitrogens with zero attached hydrogens (tertiary/aromatic N) is 1. The van der Waals surface area contributed by atoms with Crippen LogP contribution in [0.3, 0.4) is 0 Å². The van der Waals surface area contributed by atoms with Crippen LogP contribution in [0.1, 0.15) is 42.3 Å². The lowest BCUT2D eigenvalue weighted by molar-refractivity contribution is -0.139. The second kappa shape index (κ2) is 8.29. The molecule has 6 nitrogen and oxygen atoms in total. The van der Waals surface area contributed by atoms with E-state index < -0.39 is 12.6 Å². The fourth-order valence-electron chi connectivity index (χ4n) is 2.20. The highest BCUT2D eigenvalue weighted by atomic mass is 16.5. The lowest BCUT2D eigenvalue weighted by Crippen LogP contribution is -2.18. The van der Waals surface area contributed by atoms with Crippen molar-refractivity contribution in [3.8, 4) is 5.75 Å². The van der Waals surface area contributed by atoms with Gasteiger partial charge in [-0.3, -0.25) is 4.79 Å². The number of carbonyl (C=O) groups excluding carboxylic acids is 1. The van der Waals surface area contributed by atoms with Gasteiger partial charge in [0.15, 0.2) is 6.61 Å². The quantitative estimate of drug-likeness (QED) is 0.616. The molecule has 26 heavy (non-hydrogen) atoms. The summed E-state index contributed by atoms with van der Waals surface area (Å²) in [5, 5.41) is 12.6. The van der Waals surface area contributed by atoms with Crippen molar-refractivity contribution in [3.63, 3.8) is 0 Å². The topological polar surface area (TPSA) is 88.0 Å². The first-order valence-corrected chi connectivity index (χ1v) is 8.15. The van der Waals surface area contributed by atoms with Crippen molar-refractivity contribution in [2.75, 3.05) is 6.61 Å². The Balaban J connectivity index is 2.02. The first kappa shape index (κ1) is 19.2. The normalized spacial score (nSPS) is 11.3. The van der Waals surface area contributed by atoms with Gasteiger partial charge < -0.3 is 9.84 Å². The van der Waals surface area contributed by atoms with Gasteiger partial charge in [0.1, 0.15) is 5.75 Å². The SMILES string of the molecule is CC(C)(C)c1ccc(C(=O)N/N=C/c2ccccc2OCC(=O)O)cc1. The highest BCUT2D eigenvalue weighted by Crippen LogP contribution is 2.22. The summed E-state index contributed by atoms with van der Waals surface area (Å²) in [6, 6.07) is 14.2. The van der Waals surface area contributed by atoms with Crippen LogP contribution in [0.4, 0.5) is 0 Å². The zero-order chi connectivity index (χ0) is 19.2. The minimum Gasteiger partial charge on any atom is -0.481 e. The number of rotatable bonds is 6. The van der Waals surface area contributed by atoms with E-state index in [-0.39, 0.29) is 11.3 Å². The number of carboxylic acid groups (broad SMARTS) is 1. The number of ether oxygens (including phenoxy) is 1. The van der Waals surface area contributed by atoms with E-state index in [9.17, 15) is 9.59 Å². The van der Waals surface area contributed by atoms with Gasteiger partial charge >= 0.3 is 5.97 Å². The number of para-hydroxylation sites is 1. The summed E-state index contributed by atoms with van der Waals surface area (Å²) in [5.74, 6) is -1.02. The van der Waals surface area contributed by atoms with Gasteiger partial charge in [0.05, 0.1) is 6.21 Å². The Morgan fingerprint density at radius 2 is 1.77 bits per heavy atom. The number of carbonyl (C=O) groups is 2. The third-order valence-electron chi connectivity index (χ3n) is 3.65. The van der Waals surface area contributed by atoms with E-state index in [4.69, 9.17) is 9.84 Å². The largest absolute Gasteiger partial charge is 0.481 e. The fourth-order valence-corrected chi connectivity index (χ4v) is 2.20. The molecule has 0 atom stereocenters. The maximum atomic E-state index is 12.2. The van der Waals surface area contributed by atoms with Crippen LogP contribution < -0.4 is 10.2 Å². The van der Waals surface area contributed by atoms with Gasteiger partial charge in [-0.1, -0.05) is 45.0 Å². The van der Waals surface area contributed by atoms with Gasteiger partial charge in [-0.2, -0.15) is 5.10 Å². The fraction of sp³-hybridized carbons (Fsp3) is 0.250. The van der Waals surface area contributed by atoms with Crippen molar-refractivity contribution in [2.24, 2.45) is 5.10 Å². The van der Waals surface area contributed by atoms with Crippen LogP contribution in [-0.4, -0.2) is 29.8 Å². The molecule has 2 aromatic carbocycles. The average molecular weight is 354 g/mol. The third kappa shape index (κ3) is 5.44. The van der Waals surface area contributed by atoms with Crippen LogP contribution in [-0.2, 0) is 10.2 Å². The molecule has 0 aromatic heterocycles. The van der Waals surface area contributed by atoms with Crippen LogP contribution >= 0.6 is 0 Å². The molecule has 0 aliphatic rings. The number of nitrogens with one attached hydrogen (secondary N) is 1. The summed E-state index contributed by atoms with van der Waals surface area (Å²) in [5.41, 5.74) is 4.69. The number of aliphatic carboxylic acids is 1.